The second-order valence-electron chi connectivity index (χ2n) is 2.99. The third kappa shape index (κ3) is 1.76. The molecule has 0 bridgehead atoms. The van der Waals surface area contributed by atoms with Gasteiger partial charge >= 0.3 is 0 Å². The van der Waals surface area contributed by atoms with Gasteiger partial charge in [-0.25, -0.2) is 5.01 Å². The minimum absolute atomic E-state index is 0.570. The van der Waals surface area contributed by atoms with Gasteiger partial charge < -0.3 is 5.32 Å². The lowest BCUT2D eigenvalue weighted by Crippen LogP contribution is -2.29. The molecule has 1 heterocycles. The summed E-state index contributed by atoms with van der Waals surface area (Å²) in [4.78, 5) is 0. The minimum Gasteiger partial charge on any atom is -0.385 e. The molecule has 0 aliphatic carbocycles. The molecule has 5 heteroatoms. The first-order valence-corrected chi connectivity index (χ1v) is 4.64. The van der Waals surface area contributed by atoms with Crippen molar-refractivity contribution in [3.63, 3.8) is 0 Å². The lowest BCUT2D eigenvalue weighted by atomic mass is 10.3. The molecule has 1 aliphatic rings. The van der Waals surface area contributed by atoms with Gasteiger partial charge in [-0.15, -0.1) is 5.11 Å². The number of rotatable bonds is 3. The Hall–Kier alpha value is -1.78. The van der Waals surface area contributed by atoms with Crippen LogP contribution in [0.25, 0.3) is 0 Å². The SMILES string of the molecule is CCNc1ccc(N2CN=NN2)cc1. The zero-order chi connectivity index (χ0) is 9.80. The zero-order valence-corrected chi connectivity index (χ0v) is 8.07. The highest BCUT2D eigenvalue weighted by atomic mass is 15.8. The Balaban J connectivity index is 2.05. The average Bonchev–Trinajstić information content (AvgIpc) is 2.72. The minimum atomic E-state index is 0.570. The third-order valence-corrected chi connectivity index (χ3v) is 2.00. The monoisotopic (exact) mass is 191 g/mol. The van der Waals surface area contributed by atoms with Gasteiger partial charge in [-0.05, 0) is 31.2 Å². The molecule has 74 valence electrons. The number of nitrogens with one attached hydrogen (secondary N) is 2. The number of hydrogen-bond donors (Lipinski definition) is 2. The molecule has 2 N–H and O–H groups in total. The third-order valence-electron chi connectivity index (χ3n) is 2.00. The highest BCUT2D eigenvalue weighted by Gasteiger charge is 2.07. The molecule has 0 spiro atoms. The van der Waals surface area contributed by atoms with E-state index in [4.69, 9.17) is 0 Å². The van der Waals surface area contributed by atoms with E-state index < -0.39 is 0 Å². The van der Waals surface area contributed by atoms with E-state index in [1.54, 1.807) is 0 Å². The van der Waals surface area contributed by atoms with E-state index in [9.17, 15) is 0 Å². The first kappa shape index (κ1) is 8.80. The van der Waals surface area contributed by atoms with Crippen LogP contribution in [0.4, 0.5) is 11.4 Å². The van der Waals surface area contributed by atoms with Gasteiger partial charge in [0.25, 0.3) is 0 Å². The highest BCUT2D eigenvalue weighted by molar-refractivity contribution is 5.54. The lowest BCUT2D eigenvalue weighted by Gasteiger charge is -2.15. The van der Waals surface area contributed by atoms with Crippen LogP contribution >= 0.6 is 0 Å². The summed E-state index contributed by atoms with van der Waals surface area (Å²) in [6, 6.07) is 8.14. The molecule has 1 aromatic carbocycles. The standard InChI is InChI=1S/C9H13N5/c1-2-10-8-3-5-9(6-4-8)14-7-11-12-13-14/h3-6,10H,2,7H2,1H3,(H,11,13). The van der Waals surface area contributed by atoms with Gasteiger partial charge in [0, 0.05) is 12.2 Å². The maximum atomic E-state index is 3.82. The van der Waals surface area contributed by atoms with Crippen LogP contribution in [0.3, 0.4) is 0 Å². The van der Waals surface area contributed by atoms with Gasteiger partial charge in [-0.3, -0.25) is 0 Å². The predicted octanol–water partition coefficient (Wildman–Crippen LogP) is 1.77. The van der Waals surface area contributed by atoms with Gasteiger partial charge in [0.15, 0.2) is 6.67 Å². The fraction of sp³-hybridized carbons (Fsp3) is 0.333. The van der Waals surface area contributed by atoms with Crippen LogP contribution in [0.5, 0.6) is 0 Å². The molecule has 0 atom stereocenters. The highest BCUT2D eigenvalue weighted by Crippen LogP contribution is 2.17. The fourth-order valence-corrected chi connectivity index (χ4v) is 1.31. The molecule has 1 aliphatic heterocycles. The van der Waals surface area contributed by atoms with Gasteiger partial charge in [0.2, 0.25) is 0 Å². The van der Waals surface area contributed by atoms with Crippen molar-refractivity contribution in [1.29, 1.82) is 0 Å². The van der Waals surface area contributed by atoms with Crippen molar-refractivity contribution in [2.45, 2.75) is 6.92 Å². The van der Waals surface area contributed by atoms with Crippen molar-refractivity contribution in [3.05, 3.63) is 24.3 Å². The Bertz CT molecular complexity index is 310. The molecule has 0 radical (unpaired) electrons. The molecule has 0 saturated carbocycles. The fourth-order valence-electron chi connectivity index (χ4n) is 1.31. The average molecular weight is 191 g/mol. The second-order valence-corrected chi connectivity index (χ2v) is 2.99. The first-order valence-electron chi connectivity index (χ1n) is 4.64. The van der Waals surface area contributed by atoms with Crippen LogP contribution in [0.1, 0.15) is 6.92 Å². The number of benzene rings is 1. The van der Waals surface area contributed by atoms with Crippen LogP contribution in [0, 0.1) is 0 Å². The van der Waals surface area contributed by atoms with E-state index in [0.717, 1.165) is 17.9 Å². The summed E-state index contributed by atoms with van der Waals surface area (Å²) < 4.78 is 0. The van der Waals surface area contributed by atoms with E-state index in [2.05, 4.69) is 28.1 Å². The maximum absolute atomic E-state index is 3.82. The van der Waals surface area contributed by atoms with Crippen molar-refractivity contribution >= 4 is 11.4 Å². The molecule has 0 fully saturated rings. The van der Waals surface area contributed by atoms with Gasteiger partial charge in [0.1, 0.15) is 0 Å². The van der Waals surface area contributed by atoms with Crippen molar-refractivity contribution in [1.82, 2.24) is 5.53 Å². The van der Waals surface area contributed by atoms with Gasteiger partial charge in [-0.2, -0.15) is 5.53 Å². The van der Waals surface area contributed by atoms with Gasteiger partial charge in [-0.1, -0.05) is 5.22 Å². The summed E-state index contributed by atoms with van der Waals surface area (Å²) in [6.45, 7) is 3.58. The Morgan fingerprint density at radius 3 is 2.79 bits per heavy atom. The van der Waals surface area contributed by atoms with E-state index in [1.165, 1.54) is 0 Å². The van der Waals surface area contributed by atoms with Crippen molar-refractivity contribution < 1.29 is 0 Å². The molecule has 5 nitrogen and oxygen atoms in total. The molecule has 2 rings (SSSR count). The number of nitrogens with zero attached hydrogens (tertiary/aromatic N) is 3. The second kappa shape index (κ2) is 3.95. The summed E-state index contributed by atoms with van der Waals surface area (Å²) >= 11 is 0. The van der Waals surface area contributed by atoms with Crippen LogP contribution < -0.4 is 15.9 Å². The molecule has 0 aromatic heterocycles. The molecular weight excluding hydrogens is 178 g/mol. The predicted molar refractivity (Wildman–Crippen MR) is 55.9 cm³/mol. The Kier molecular flexibility index (Phi) is 2.48. The first-order chi connectivity index (χ1) is 6.90. The number of anilines is 2. The van der Waals surface area contributed by atoms with Crippen molar-refractivity contribution in [3.8, 4) is 0 Å². The van der Waals surface area contributed by atoms with E-state index in [-0.39, 0.29) is 0 Å². The Labute approximate surface area is 82.8 Å². The van der Waals surface area contributed by atoms with E-state index >= 15 is 0 Å². The Morgan fingerprint density at radius 1 is 1.43 bits per heavy atom. The molecule has 0 amide bonds. The zero-order valence-electron chi connectivity index (χ0n) is 8.07. The molecule has 14 heavy (non-hydrogen) atoms. The number of hydrogen-bond acceptors (Lipinski definition) is 5. The lowest BCUT2D eigenvalue weighted by molar-refractivity contribution is 0.749. The van der Waals surface area contributed by atoms with Crippen molar-refractivity contribution in [2.24, 2.45) is 10.3 Å². The maximum Gasteiger partial charge on any atom is 0.154 e. The van der Waals surface area contributed by atoms with Crippen LogP contribution in [-0.4, -0.2) is 13.2 Å². The smallest absolute Gasteiger partial charge is 0.154 e. The molecule has 1 aromatic rings. The summed E-state index contributed by atoms with van der Waals surface area (Å²) in [7, 11) is 0. The van der Waals surface area contributed by atoms with Gasteiger partial charge in [0.05, 0.1) is 5.69 Å². The normalized spacial score (nSPS) is 14.2. The summed E-state index contributed by atoms with van der Waals surface area (Å²) in [5.41, 5.74) is 4.99. The molecular formula is C9H13N5. The molecule has 0 saturated heterocycles. The van der Waals surface area contributed by atoms with Crippen LogP contribution in [-0.2, 0) is 0 Å². The van der Waals surface area contributed by atoms with Crippen LogP contribution in [0.2, 0.25) is 0 Å². The summed E-state index contributed by atoms with van der Waals surface area (Å²) in [5.74, 6) is 0. The summed E-state index contributed by atoms with van der Waals surface area (Å²) in [6.07, 6.45) is 0. The quantitative estimate of drug-likeness (QED) is 0.765. The largest absolute Gasteiger partial charge is 0.385 e. The Morgan fingerprint density at radius 2 is 2.21 bits per heavy atom. The van der Waals surface area contributed by atoms with Crippen LogP contribution in [0.15, 0.2) is 34.6 Å². The summed E-state index contributed by atoms with van der Waals surface area (Å²) in [5, 5.41) is 12.6. The van der Waals surface area contributed by atoms with Crippen molar-refractivity contribution in [2.75, 3.05) is 23.5 Å². The van der Waals surface area contributed by atoms with E-state index in [0.29, 0.717) is 6.67 Å². The number of hydrazine groups is 1. The topological polar surface area (TPSA) is 52.0 Å². The molecule has 0 unspecified atom stereocenters. The van der Waals surface area contributed by atoms with E-state index in [1.807, 2.05) is 29.3 Å².